The lowest BCUT2D eigenvalue weighted by molar-refractivity contribution is -0.115. The molecule has 0 saturated heterocycles. The van der Waals surface area contributed by atoms with Crippen molar-refractivity contribution < 1.29 is 9.32 Å². The fourth-order valence-corrected chi connectivity index (χ4v) is 3.10. The van der Waals surface area contributed by atoms with Crippen LogP contribution in [0.3, 0.4) is 0 Å². The van der Waals surface area contributed by atoms with Crippen molar-refractivity contribution >= 4 is 17.2 Å². The van der Waals surface area contributed by atoms with Crippen molar-refractivity contribution in [3.8, 4) is 11.3 Å². The number of carbonyl (C=O) groups excluding carboxylic acids is 1. The Morgan fingerprint density at radius 1 is 1.19 bits per heavy atom. The highest BCUT2D eigenvalue weighted by molar-refractivity contribution is 5.93. The first-order valence-electron chi connectivity index (χ1n) is 8.77. The first-order chi connectivity index (χ1) is 13.0. The van der Waals surface area contributed by atoms with Crippen molar-refractivity contribution in [3.63, 3.8) is 0 Å². The quantitative estimate of drug-likeness (QED) is 0.595. The molecule has 4 aromatic rings. The third-order valence-corrected chi connectivity index (χ3v) is 4.58. The summed E-state index contributed by atoms with van der Waals surface area (Å²) in [6.45, 7) is 5.70. The van der Waals surface area contributed by atoms with Gasteiger partial charge in [-0.25, -0.2) is 4.98 Å². The number of benzene rings is 1. The molecule has 6 heteroatoms. The SMILES string of the molecule is Cc1ccn2cc(-c3cccc(NC(=O)Cc4c(C)noc4C)c3)nc2c1. The molecular formula is C21H20N4O2. The molecule has 0 aliphatic carbocycles. The van der Waals surface area contributed by atoms with Crippen molar-refractivity contribution in [3.05, 3.63) is 71.4 Å². The van der Waals surface area contributed by atoms with Crippen LogP contribution in [-0.2, 0) is 11.2 Å². The number of imidazole rings is 1. The van der Waals surface area contributed by atoms with Crippen LogP contribution in [0.25, 0.3) is 16.9 Å². The molecule has 1 amide bonds. The Bertz CT molecular complexity index is 1120. The first-order valence-corrected chi connectivity index (χ1v) is 8.77. The number of hydrogen-bond donors (Lipinski definition) is 1. The Hall–Kier alpha value is -3.41. The van der Waals surface area contributed by atoms with Gasteiger partial charge in [-0.2, -0.15) is 0 Å². The van der Waals surface area contributed by atoms with Gasteiger partial charge in [0.2, 0.25) is 5.91 Å². The summed E-state index contributed by atoms with van der Waals surface area (Å²) < 4.78 is 7.11. The number of nitrogens with zero attached hydrogens (tertiary/aromatic N) is 3. The van der Waals surface area contributed by atoms with E-state index in [-0.39, 0.29) is 12.3 Å². The standard InChI is InChI=1S/C21H20N4O2/c1-13-7-8-25-12-19(23-20(25)9-13)16-5-4-6-17(10-16)22-21(26)11-18-14(2)24-27-15(18)3/h4-10,12H,11H2,1-3H3,(H,22,26). The van der Waals surface area contributed by atoms with Crippen molar-refractivity contribution in [1.29, 1.82) is 0 Å². The molecule has 0 bridgehead atoms. The van der Waals surface area contributed by atoms with Crippen molar-refractivity contribution in [1.82, 2.24) is 14.5 Å². The zero-order valence-electron chi connectivity index (χ0n) is 15.5. The predicted molar refractivity (Wildman–Crippen MR) is 104 cm³/mol. The molecule has 1 N–H and O–H groups in total. The number of hydrogen-bond acceptors (Lipinski definition) is 4. The molecule has 136 valence electrons. The molecule has 0 unspecified atom stereocenters. The summed E-state index contributed by atoms with van der Waals surface area (Å²) >= 11 is 0. The van der Waals surface area contributed by atoms with Gasteiger partial charge < -0.3 is 14.2 Å². The van der Waals surface area contributed by atoms with Crippen LogP contribution in [0.15, 0.2) is 53.3 Å². The maximum Gasteiger partial charge on any atom is 0.228 e. The van der Waals surface area contributed by atoms with E-state index in [9.17, 15) is 4.79 Å². The molecule has 6 nitrogen and oxygen atoms in total. The lowest BCUT2D eigenvalue weighted by atomic mass is 10.1. The Morgan fingerprint density at radius 2 is 2.04 bits per heavy atom. The molecule has 0 spiro atoms. The van der Waals surface area contributed by atoms with Crippen molar-refractivity contribution in [2.45, 2.75) is 27.2 Å². The van der Waals surface area contributed by atoms with Crippen LogP contribution >= 0.6 is 0 Å². The van der Waals surface area contributed by atoms with E-state index in [2.05, 4.69) is 15.5 Å². The summed E-state index contributed by atoms with van der Waals surface area (Å²) in [5.74, 6) is 0.573. The van der Waals surface area contributed by atoms with Crippen molar-refractivity contribution in [2.24, 2.45) is 0 Å². The highest BCUT2D eigenvalue weighted by atomic mass is 16.5. The molecule has 3 aromatic heterocycles. The molecule has 27 heavy (non-hydrogen) atoms. The number of rotatable bonds is 4. The number of nitrogens with one attached hydrogen (secondary N) is 1. The van der Waals surface area contributed by atoms with Gasteiger partial charge in [0.1, 0.15) is 11.4 Å². The Labute approximate surface area is 156 Å². The van der Waals surface area contributed by atoms with E-state index in [1.807, 2.05) is 74.0 Å². The largest absolute Gasteiger partial charge is 0.361 e. The van der Waals surface area contributed by atoms with E-state index >= 15 is 0 Å². The second-order valence-corrected chi connectivity index (χ2v) is 6.70. The average molecular weight is 360 g/mol. The molecule has 3 heterocycles. The third-order valence-electron chi connectivity index (χ3n) is 4.58. The fourth-order valence-electron chi connectivity index (χ4n) is 3.10. The third kappa shape index (κ3) is 3.46. The van der Waals surface area contributed by atoms with Crippen LogP contribution in [0.5, 0.6) is 0 Å². The summed E-state index contributed by atoms with van der Waals surface area (Å²) in [4.78, 5) is 17.1. The minimum Gasteiger partial charge on any atom is -0.361 e. The molecule has 0 saturated carbocycles. The summed E-state index contributed by atoms with van der Waals surface area (Å²) in [5, 5.41) is 6.84. The summed E-state index contributed by atoms with van der Waals surface area (Å²) in [5.41, 5.74) is 6.19. The maximum atomic E-state index is 12.4. The number of amides is 1. The van der Waals surface area contributed by atoms with E-state index < -0.39 is 0 Å². The van der Waals surface area contributed by atoms with Crippen molar-refractivity contribution in [2.75, 3.05) is 5.32 Å². The van der Waals surface area contributed by atoms with Crippen LogP contribution in [0, 0.1) is 20.8 Å². The van der Waals surface area contributed by atoms with Gasteiger partial charge >= 0.3 is 0 Å². The van der Waals surface area contributed by atoms with Gasteiger partial charge in [0, 0.05) is 29.2 Å². The van der Waals surface area contributed by atoms with E-state index in [4.69, 9.17) is 4.52 Å². The zero-order chi connectivity index (χ0) is 19.0. The zero-order valence-corrected chi connectivity index (χ0v) is 15.5. The number of fused-ring (bicyclic) bond motifs is 1. The van der Waals surface area contributed by atoms with Crippen LogP contribution in [0.4, 0.5) is 5.69 Å². The van der Waals surface area contributed by atoms with Crippen LogP contribution in [-0.4, -0.2) is 20.4 Å². The molecule has 0 aliphatic heterocycles. The minimum atomic E-state index is -0.104. The van der Waals surface area contributed by atoms with E-state index in [1.54, 1.807) is 0 Å². The van der Waals surface area contributed by atoms with Gasteiger partial charge in [0.15, 0.2) is 0 Å². The Morgan fingerprint density at radius 3 is 2.81 bits per heavy atom. The second kappa shape index (κ2) is 6.72. The number of carbonyl (C=O) groups is 1. The predicted octanol–water partition coefficient (Wildman–Crippen LogP) is 4.10. The average Bonchev–Trinajstić information content (AvgIpc) is 3.20. The highest BCUT2D eigenvalue weighted by Crippen LogP contribution is 2.23. The maximum absolute atomic E-state index is 12.4. The minimum absolute atomic E-state index is 0.104. The molecular weight excluding hydrogens is 340 g/mol. The smallest absolute Gasteiger partial charge is 0.228 e. The van der Waals surface area contributed by atoms with Gasteiger partial charge in [-0.05, 0) is 50.6 Å². The number of aryl methyl sites for hydroxylation is 3. The summed E-state index contributed by atoms with van der Waals surface area (Å²) in [7, 11) is 0. The van der Waals surface area contributed by atoms with Crippen LogP contribution < -0.4 is 5.32 Å². The molecule has 4 rings (SSSR count). The number of anilines is 1. The molecule has 0 fully saturated rings. The first kappa shape index (κ1) is 17.0. The van der Waals surface area contributed by atoms with E-state index in [0.717, 1.165) is 33.8 Å². The second-order valence-electron chi connectivity index (χ2n) is 6.70. The molecule has 0 radical (unpaired) electrons. The van der Waals surface area contributed by atoms with Gasteiger partial charge in [-0.15, -0.1) is 0 Å². The lowest BCUT2D eigenvalue weighted by Crippen LogP contribution is -2.15. The Kier molecular flexibility index (Phi) is 4.24. The van der Waals surface area contributed by atoms with E-state index in [1.165, 1.54) is 5.56 Å². The lowest BCUT2D eigenvalue weighted by Gasteiger charge is -2.06. The van der Waals surface area contributed by atoms with Crippen LogP contribution in [0.2, 0.25) is 0 Å². The molecule has 0 aliphatic rings. The number of aromatic nitrogens is 3. The topological polar surface area (TPSA) is 72.4 Å². The number of pyridine rings is 1. The van der Waals surface area contributed by atoms with Gasteiger partial charge in [-0.3, -0.25) is 4.79 Å². The normalized spacial score (nSPS) is 11.1. The van der Waals surface area contributed by atoms with Gasteiger partial charge in [-0.1, -0.05) is 17.3 Å². The van der Waals surface area contributed by atoms with Crippen LogP contribution in [0.1, 0.15) is 22.6 Å². The van der Waals surface area contributed by atoms with Gasteiger partial charge in [0.05, 0.1) is 17.8 Å². The van der Waals surface area contributed by atoms with E-state index in [0.29, 0.717) is 5.76 Å². The summed E-state index contributed by atoms with van der Waals surface area (Å²) in [6.07, 6.45) is 4.22. The highest BCUT2D eigenvalue weighted by Gasteiger charge is 2.14. The fraction of sp³-hybridized carbons (Fsp3) is 0.190. The monoisotopic (exact) mass is 360 g/mol. The van der Waals surface area contributed by atoms with Gasteiger partial charge in [0.25, 0.3) is 0 Å². The summed E-state index contributed by atoms with van der Waals surface area (Å²) in [6, 6.07) is 11.8. The molecule has 0 atom stereocenters. The molecule has 1 aromatic carbocycles. The Balaban J connectivity index is 1.55.